The van der Waals surface area contributed by atoms with E-state index in [0.29, 0.717) is 13.2 Å². The number of ether oxygens (including phenoxy) is 2. The number of thiocarbonyl (C=S) groups is 1. The third-order valence-electron chi connectivity index (χ3n) is 2.07. The van der Waals surface area contributed by atoms with E-state index < -0.39 is 0 Å². The molecule has 0 heterocycles. The zero-order valence-electron chi connectivity index (χ0n) is 9.37. The summed E-state index contributed by atoms with van der Waals surface area (Å²) in [5.41, 5.74) is 1.97. The first kappa shape index (κ1) is 12.0. The maximum Gasteiger partial charge on any atom is 0.126 e. The van der Waals surface area contributed by atoms with E-state index in [-0.39, 0.29) is 0 Å². The molecule has 82 valence electrons. The van der Waals surface area contributed by atoms with Gasteiger partial charge in [0.05, 0.1) is 13.2 Å². The van der Waals surface area contributed by atoms with Crippen LogP contribution >= 0.6 is 12.2 Å². The molecule has 2 nitrogen and oxygen atoms in total. The van der Waals surface area contributed by atoms with Crippen molar-refractivity contribution in [2.45, 2.75) is 20.8 Å². The monoisotopic (exact) mass is 224 g/mol. The summed E-state index contributed by atoms with van der Waals surface area (Å²) in [7, 11) is 0. The van der Waals surface area contributed by atoms with E-state index in [0.717, 1.165) is 22.6 Å². The maximum atomic E-state index is 5.52. The largest absolute Gasteiger partial charge is 0.493 e. The highest BCUT2D eigenvalue weighted by Crippen LogP contribution is 2.29. The van der Waals surface area contributed by atoms with Gasteiger partial charge in [-0.15, -0.1) is 0 Å². The van der Waals surface area contributed by atoms with Gasteiger partial charge in [-0.2, -0.15) is 0 Å². The van der Waals surface area contributed by atoms with Crippen molar-refractivity contribution in [2.24, 2.45) is 0 Å². The number of rotatable bonds is 5. The quantitative estimate of drug-likeness (QED) is 0.716. The molecular weight excluding hydrogens is 208 g/mol. The van der Waals surface area contributed by atoms with Gasteiger partial charge >= 0.3 is 0 Å². The van der Waals surface area contributed by atoms with Crippen LogP contribution in [-0.4, -0.2) is 18.6 Å². The number of benzene rings is 1. The second-order valence-corrected chi connectivity index (χ2v) is 3.36. The van der Waals surface area contributed by atoms with E-state index in [9.17, 15) is 0 Å². The van der Waals surface area contributed by atoms with Crippen LogP contribution in [0.2, 0.25) is 0 Å². The molecule has 0 atom stereocenters. The summed E-state index contributed by atoms with van der Waals surface area (Å²) in [5.74, 6) is 1.69. The van der Waals surface area contributed by atoms with E-state index in [1.54, 1.807) is 5.37 Å². The molecule has 0 bridgehead atoms. The minimum atomic E-state index is 0.646. The maximum absolute atomic E-state index is 5.52. The predicted octanol–water partition coefficient (Wildman–Crippen LogP) is 3.14. The molecule has 0 fully saturated rings. The van der Waals surface area contributed by atoms with Crippen molar-refractivity contribution in [2.75, 3.05) is 13.2 Å². The Balaban J connectivity index is 3.14. The Hall–Kier alpha value is -1.09. The van der Waals surface area contributed by atoms with Gasteiger partial charge in [0, 0.05) is 10.9 Å². The third-order valence-corrected chi connectivity index (χ3v) is 2.34. The fraction of sp³-hybridized carbons (Fsp3) is 0.417. The molecule has 1 aromatic rings. The van der Waals surface area contributed by atoms with Crippen LogP contribution in [0.3, 0.4) is 0 Å². The normalized spacial score (nSPS) is 9.80. The topological polar surface area (TPSA) is 18.5 Å². The first-order valence-corrected chi connectivity index (χ1v) is 5.55. The molecule has 0 spiro atoms. The molecule has 0 radical (unpaired) electrons. The molecule has 15 heavy (non-hydrogen) atoms. The van der Waals surface area contributed by atoms with E-state index in [1.807, 2.05) is 32.9 Å². The van der Waals surface area contributed by atoms with E-state index in [2.05, 4.69) is 0 Å². The van der Waals surface area contributed by atoms with Gasteiger partial charge in [0.15, 0.2) is 0 Å². The highest BCUT2D eigenvalue weighted by molar-refractivity contribution is 7.79. The second-order valence-electron chi connectivity index (χ2n) is 3.13. The zero-order chi connectivity index (χ0) is 11.3. The zero-order valence-corrected chi connectivity index (χ0v) is 10.2. The van der Waals surface area contributed by atoms with Gasteiger partial charge in [-0.3, -0.25) is 0 Å². The minimum absolute atomic E-state index is 0.646. The number of hydrogen-bond acceptors (Lipinski definition) is 3. The average molecular weight is 224 g/mol. The third kappa shape index (κ3) is 2.93. The Bertz CT molecular complexity index is 320. The average Bonchev–Trinajstić information content (AvgIpc) is 2.24. The van der Waals surface area contributed by atoms with Crippen LogP contribution in [-0.2, 0) is 0 Å². The SMILES string of the molecule is CCOc1cc(C=S)cc(OCC)c1C. The predicted molar refractivity (Wildman–Crippen MR) is 66.3 cm³/mol. The van der Waals surface area contributed by atoms with Gasteiger partial charge < -0.3 is 9.47 Å². The van der Waals surface area contributed by atoms with Crippen LogP contribution in [0, 0.1) is 6.92 Å². The van der Waals surface area contributed by atoms with Crippen molar-refractivity contribution in [3.8, 4) is 11.5 Å². The van der Waals surface area contributed by atoms with Crippen LogP contribution < -0.4 is 9.47 Å². The highest BCUT2D eigenvalue weighted by Gasteiger charge is 2.07. The standard InChI is InChI=1S/C12H16O2S/c1-4-13-11-6-10(8-15)7-12(9(11)3)14-5-2/h6-8H,4-5H2,1-3H3. The lowest BCUT2D eigenvalue weighted by Gasteiger charge is -2.13. The van der Waals surface area contributed by atoms with Gasteiger partial charge in [0.25, 0.3) is 0 Å². The molecule has 0 saturated heterocycles. The second kappa shape index (κ2) is 5.71. The minimum Gasteiger partial charge on any atom is -0.493 e. The first-order chi connectivity index (χ1) is 7.22. The lowest BCUT2D eigenvalue weighted by molar-refractivity contribution is 0.319. The van der Waals surface area contributed by atoms with Crippen molar-refractivity contribution < 1.29 is 9.47 Å². The van der Waals surface area contributed by atoms with Crippen LogP contribution in [0.5, 0.6) is 11.5 Å². The number of hydrogen-bond donors (Lipinski definition) is 0. The Kier molecular flexibility index (Phi) is 4.56. The Labute approximate surface area is 96.2 Å². The molecule has 1 rings (SSSR count). The first-order valence-electron chi connectivity index (χ1n) is 5.08. The van der Waals surface area contributed by atoms with Crippen molar-refractivity contribution in [3.63, 3.8) is 0 Å². The summed E-state index contributed by atoms with van der Waals surface area (Å²) >= 11 is 4.91. The van der Waals surface area contributed by atoms with Crippen molar-refractivity contribution in [1.29, 1.82) is 0 Å². The molecular formula is C12H16O2S. The van der Waals surface area contributed by atoms with Crippen molar-refractivity contribution in [1.82, 2.24) is 0 Å². The molecule has 0 aromatic heterocycles. The molecule has 0 saturated carbocycles. The Morgan fingerprint density at radius 3 is 1.93 bits per heavy atom. The van der Waals surface area contributed by atoms with E-state index in [4.69, 9.17) is 21.7 Å². The van der Waals surface area contributed by atoms with Gasteiger partial charge in [0.2, 0.25) is 0 Å². The fourth-order valence-corrected chi connectivity index (χ4v) is 1.50. The molecule has 1 aromatic carbocycles. The Morgan fingerprint density at radius 1 is 1.13 bits per heavy atom. The van der Waals surface area contributed by atoms with Crippen LogP contribution in [0.1, 0.15) is 25.0 Å². The molecule has 0 aliphatic carbocycles. The summed E-state index contributed by atoms with van der Waals surface area (Å²) in [6.07, 6.45) is 0. The van der Waals surface area contributed by atoms with E-state index >= 15 is 0 Å². The highest BCUT2D eigenvalue weighted by atomic mass is 32.1. The van der Waals surface area contributed by atoms with E-state index in [1.165, 1.54) is 0 Å². The molecule has 3 heteroatoms. The van der Waals surface area contributed by atoms with Crippen molar-refractivity contribution in [3.05, 3.63) is 23.3 Å². The van der Waals surface area contributed by atoms with Crippen molar-refractivity contribution >= 4 is 17.6 Å². The van der Waals surface area contributed by atoms with Gasteiger partial charge in [-0.05, 0) is 38.5 Å². The van der Waals surface area contributed by atoms with Crippen LogP contribution in [0.25, 0.3) is 0 Å². The van der Waals surface area contributed by atoms with Gasteiger partial charge in [-0.1, -0.05) is 12.2 Å². The molecule has 0 aliphatic heterocycles. The smallest absolute Gasteiger partial charge is 0.126 e. The molecule has 0 amide bonds. The molecule has 0 aliphatic rings. The van der Waals surface area contributed by atoms with Crippen LogP contribution in [0.4, 0.5) is 0 Å². The molecule has 0 N–H and O–H groups in total. The van der Waals surface area contributed by atoms with Gasteiger partial charge in [-0.25, -0.2) is 0 Å². The Morgan fingerprint density at radius 2 is 1.60 bits per heavy atom. The molecule has 0 unspecified atom stereocenters. The fourth-order valence-electron chi connectivity index (χ4n) is 1.36. The lowest BCUT2D eigenvalue weighted by atomic mass is 10.1. The summed E-state index contributed by atoms with van der Waals surface area (Å²) in [6, 6.07) is 3.88. The van der Waals surface area contributed by atoms with Crippen LogP contribution in [0.15, 0.2) is 12.1 Å². The lowest BCUT2D eigenvalue weighted by Crippen LogP contribution is -2.00. The summed E-state index contributed by atoms with van der Waals surface area (Å²) in [5, 5.41) is 1.63. The summed E-state index contributed by atoms with van der Waals surface area (Å²) < 4.78 is 11.0. The summed E-state index contributed by atoms with van der Waals surface area (Å²) in [4.78, 5) is 0. The summed E-state index contributed by atoms with van der Waals surface area (Å²) in [6.45, 7) is 7.21. The van der Waals surface area contributed by atoms with Gasteiger partial charge in [0.1, 0.15) is 11.5 Å².